The Hall–Kier alpha value is -2.15. The number of non-ortho nitro benzene ring substituents is 1. The van der Waals surface area contributed by atoms with Crippen LogP contribution in [0.5, 0.6) is 0 Å². The van der Waals surface area contributed by atoms with E-state index in [2.05, 4.69) is 5.32 Å². The van der Waals surface area contributed by atoms with Crippen LogP contribution in [0.4, 0.5) is 10.5 Å². The number of nitro benzene ring substituents is 1. The fourth-order valence-corrected chi connectivity index (χ4v) is 2.88. The van der Waals surface area contributed by atoms with Gasteiger partial charge in [-0.15, -0.1) is 0 Å². The van der Waals surface area contributed by atoms with Gasteiger partial charge in [0.25, 0.3) is 5.69 Å². The average Bonchev–Trinajstić information content (AvgIpc) is 2.60. The molecular weight excluding hydrogens is 310 g/mol. The van der Waals surface area contributed by atoms with E-state index in [0.29, 0.717) is 32.1 Å². The smallest absolute Gasteiger partial charge is 0.317 e. The molecule has 1 aromatic carbocycles. The number of ether oxygens (including phenoxy) is 1. The van der Waals surface area contributed by atoms with E-state index >= 15 is 0 Å². The molecule has 1 atom stereocenters. The number of piperidine rings is 1. The zero-order valence-corrected chi connectivity index (χ0v) is 14.1. The molecular formula is C17H25N3O4. The lowest BCUT2D eigenvalue weighted by molar-refractivity contribution is -0.384. The Morgan fingerprint density at radius 2 is 2.17 bits per heavy atom. The standard InChI is InChI=1S/C17H25N3O4/c1-2-24-13-15-4-3-11-19(12-15)17(21)18-10-9-14-5-7-16(8-6-14)20(22)23/h5-8,15H,2-4,9-13H2,1H3,(H,18,21)/t15-/m1/s1. The van der Waals surface area contributed by atoms with E-state index in [9.17, 15) is 14.9 Å². The molecule has 7 nitrogen and oxygen atoms in total. The topological polar surface area (TPSA) is 84.7 Å². The fourth-order valence-electron chi connectivity index (χ4n) is 2.88. The van der Waals surface area contributed by atoms with Gasteiger partial charge in [0, 0.05) is 44.3 Å². The number of hydrogen-bond donors (Lipinski definition) is 1. The summed E-state index contributed by atoms with van der Waals surface area (Å²) >= 11 is 0. The molecule has 1 aliphatic heterocycles. The fraction of sp³-hybridized carbons (Fsp3) is 0.588. The number of carbonyl (C=O) groups excluding carboxylic acids is 1. The number of nitrogens with zero attached hydrogens (tertiary/aromatic N) is 2. The average molecular weight is 335 g/mol. The van der Waals surface area contributed by atoms with Crippen molar-refractivity contribution < 1.29 is 14.5 Å². The van der Waals surface area contributed by atoms with Gasteiger partial charge in [0.1, 0.15) is 0 Å². The molecule has 132 valence electrons. The molecule has 1 aromatic rings. The van der Waals surface area contributed by atoms with Crippen molar-refractivity contribution in [1.82, 2.24) is 10.2 Å². The van der Waals surface area contributed by atoms with Gasteiger partial charge in [-0.05, 0) is 31.7 Å². The molecule has 0 bridgehead atoms. The predicted octanol–water partition coefficient (Wildman–Crippen LogP) is 2.60. The van der Waals surface area contributed by atoms with Crippen molar-refractivity contribution in [1.29, 1.82) is 0 Å². The Balaban J connectivity index is 1.73. The number of carbonyl (C=O) groups is 1. The highest BCUT2D eigenvalue weighted by Gasteiger charge is 2.23. The lowest BCUT2D eigenvalue weighted by atomic mass is 9.99. The van der Waals surface area contributed by atoms with Crippen LogP contribution in [0.3, 0.4) is 0 Å². The van der Waals surface area contributed by atoms with Crippen LogP contribution in [-0.4, -0.2) is 48.7 Å². The molecule has 2 amide bonds. The summed E-state index contributed by atoms with van der Waals surface area (Å²) in [6.07, 6.45) is 2.76. The van der Waals surface area contributed by atoms with Crippen molar-refractivity contribution in [2.75, 3.05) is 32.8 Å². The summed E-state index contributed by atoms with van der Waals surface area (Å²) in [4.78, 5) is 24.3. The normalized spacial score (nSPS) is 17.5. The van der Waals surface area contributed by atoms with E-state index < -0.39 is 4.92 Å². The van der Waals surface area contributed by atoms with E-state index in [4.69, 9.17) is 4.74 Å². The van der Waals surface area contributed by atoms with E-state index in [1.54, 1.807) is 12.1 Å². The first-order chi connectivity index (χ1) is 11.6. The number of benzene rings is 1. The van der Waals surface area contributed by atoms with Gasteiger partial charge in [-0.25, -0.2) is 4.79 Å². The number of likely N-dealkylation sites (tertiary alicyclic amines) is 1. The summed E-state index contributed by atoms with van der Waals surface area (Å²) in [5.74, 6) is 0.416. The van der Waals surface area contributed by atoms with Crippen LogP contribution in [-0.2, 0) is 11.2 Å². The van der Waals surface area contributed by atoms with Crippen molar-refractivity contribution in [2.24, 2.45) is 5.92 Å². The second-order valence-electron chi connectivity index (χ2n) is 6.02. The molecule has 0 saturated carbocycles. The van der Waals surface area contributed by atoms with Gasteiger partial charge in [0.05, 0.1) is 11.5 Å². The first kappa shape index (κ1) is 18.2. The van der Waals surface area contributed by atoms with Crippen LogP contribution in [0, 0.1) is 16.0 Å². The molecule has 1 heterocycles. The lowest BCUT2D eigenvalue weighted by Crippen LogP contribution is -2.46. The maximum Gasteiger partial charge on any atom is 0.317 e. The van der Waals surface area contributed by atoms with Crippen LogP contribution in [0.2, 0.25) is 0 Å². The molecule has 1 fully saturated rings. The second kappa shape index (κ2) is 9.22. The third-order valence-corrected chi connectivity index (χ3v) is 4.20. The van der Waals surface area contributed by atoms with Crippen molar-refractivity contribution in [2.45, 2.75) is 26.2 Å². The van der Waals surface area contributed by atoms with Gasteiger partial charge in [-0.3, -0.25) is 10.1 Å². The molecule has 1 N–H and O–H groups in total. The highest BCUT2D eigenvalue weighted by Crippen LogP contribution is 2.17. The van der Waals surface area contributed by atoms with Gasteiger partial charge < -0.3 is 15.0 Å². The highest BCUT2D eigenvalue weighted by molar-refractivity contribution is 5.74. The predicted molar refractivity (Wildman–Crippen MR) is 91.0 cm³/mol. The number of urea groups is 1. The Bertz CT molecular complexity index is 547. The SMILES string of the molecule is CCOC[C@@H]1CCCN(C(=O)NCCc2ccc([N+](=O)[O-])cc2)C1. The third-order valence-electron chi connectivity index (χ3n) is 4.20. The van der Waals surface area contributed by atoms with Crippen molar-refractivity contribution >= 4 is 11.7 Å². The number of hydrogen-bond acceptors (Lipinski definition) is 4. The van der Waals surface area contributed by atoms with Crippen LogP contribution in [0.1, 0.15) is 25.3 Å². The lowest BCUT2D eigenvalue weighted by Gasteiger charge is -2.32. The maximum atomic E-state index is 12.2. The van der Waals surface area contributed by atoms with Gasteiger partial charge in [0.2, 0.25) is 0 Å². The number of nitrogens with one attached hydrogen (secondary N) is 1. The van der Waals surface area contributed by atoms with E-state index in [1.807, 2.05) is 11.8 Å². The number of amides is 2. The molecule has 0 unspecified atom stereocenters. The third kappa shape index (κ3) is 5.49. The maximum absolute atomic E-state index is 12.2. The summed E-state index contributed by atoms with van der Waals surface area (Å²) in [6, 6.07) is 6.38. The zero-order valence-electron chi connectivity index (χ0n) is 14.1. The highest BCUT2D eigenvalue weighted by atomic mass is 16.6. The van der Waals surface area contributed by atoms with Crippen LogP contribution in [0.25, 0.3) is 0 Å². The van der Waals surface area contributed by atoms with Crippen LogP contribution in [0.15, 0.2) is 24.3 Å². The van der Waals surface area contributed by atoms with E-state index in [1.165, 1.54) is 12.1 Å². The second-order valence-corrected chi connectivity index (χ2v) is 6.02. The first-order valence-electron chi connectivity index (χ1n) is 8.44. The number of rotatable bonds is 7. The molecule has 0 aliphatic carbocycles. The minimum Gasteiger partial charge on any atom is -0.381 e. The molecule has 1 aliphatic rings. The molecule has 0 spiro atoms. The van der Waals surface area contributed by atoms with Gasteiger partial charge in [0.15, 0.2) is 0 Å². The minimum atomic E-state index is -0.416. The quantitative estimate of drug-likeness (QED) is 0.613. The first-order valence-corrected chi connectivity index (χ1v) is 8.44. The summed E-state index contributed by atoms with van der Waals surface area (Å²) in [5.41, 5.74) is 1.05. The van der Waals surface area contributed by atoms with Crippen molar-refractivity contribution in [3.63, 3.8) is 0 Å². The van der Waals surface area contributed by atoms with Crippen LogP contribution >= 0.6 is 0 Å². The summed E-state index contributed by atoms with van der Waals surface area (Å²) in [6.45, 7) is 5.44. The zero-order chi connectivity index (χ0) is 17.4. The summed E-state index contributed by atoms with van der Waals surface area (Å²) in [7, 11) is 0. The van der Waals surface area contributed by atoms with Crippen molar-refractivity contribution in [3.8, 4) is 0 Å². The molecule has 7 heteroatoms. The minimum absolute atomic E-state index is 0.0434. The van der Waals surface area contributed by atoms with Gasteiger partial charge in [-0.1, -0.05) is 12.1 Å². The monoisotopic (exact) mass is 335 g/mol. The van der Waals surface area contributed by atoms with Gasteiger partial charge in [-0.2, -0.15) is 0 Å². The molecule has 0 aromatic heterocycles. The summed E-state index contributed by atoms with van der Waals surface area (Å²) < 4.78 is 5.46. The van der Waals surface area contributed by atoms with Gasteiger partial charge >= 0.3 is 6.03 Å². The Morgan fingerprint density at radius 1 is 1.42 bits per heavy atom. The molecule has 24 heavy (non-hydrogen) atoms. The molecule has 2 rings (SSSR count). The Kier molecular flexibility index (Phi) is 6.99. The Labute approximate surface area is 142 Å². The molecule has 1 saturated heterocycles. The van der Waals surface area contributed by atoms with E-state index in [-0.39, 0.29) is 11.7 Å². The Morgan fingerprint density at radius 3 is 2.83 bits per heavy atom. The molecule has 0 radical (unpaired) electrons. The van der Waals surface area contributed by atoms with Crippen molar-refractivity contribution in [3.05, 3.63) is 39.9 Å². The van der Waals surface area contributed by atoms with E-state index in [0.717, 1.165) is 31.5 Å². The van der Waals surface area contributed by atoms with Crippen LogP contribution < -0.4 is 5.32 Å². The number of nitro groups is 1. The largest absolute Gasteiger partial charge is 0.381 e. The summed E-state index contributed by atoms with van der Waals surface area (Å²) in [5, 5.41) is 13.5.